The first-order valence-electron chi connectivity index (χ1n) is 3.83. The van der Waals surface area contributed by atoms with Gasteiger partial charge in [0.1, 0.15) is 11.9 Å². The fraction of sp³-hybridized carbons (Fsp3) is 0.333. The Balaban J connectivity index is 0.000000422. The molecular formula is C9H8AlNiO2. The van der Waals surface area contributed by atoms with Gasteiger partial charge in [-0.2, -0.15) is 0 Å². The average Bonchev–Trinajstić information content (AvgIpc) is 2.77. The second kappa shape index (κ2) is 4.03. The second-order valence-electron chi connectivity index (χ2n) is 2.97. The summed E-state index contributed by atoms with van der Waals surface area (Å²) in [5, 5.41) is 0. The van der Waals surface area contributed by atoms with E-state index in [4.69, 9.17) is 9.47 Å². The van der Waals surface area contributed by atoms with Crippen molar-refractivity contribution >= 4 is 17.4 Å². The van der Waals surface area contributed by atoms with Gasteiger partial charge in [-0.25, -0.2) is 0 Å². The number of fused-ring (bicyclic) bond motifs is 2. The molecule has 2 heterocycles. The number of benzene rings is 1. The van der Waals surface area contributed by atoms with Gasteiger partial charge in [0.15, 0.2) is 0 Å². The van der Waals surface area contributed by atoms with Gasteiger partial charge in [-0.1, -0.05) is 18.2 Å². The third kappa shape index (κ3) is 1.92. The molecular weight excluding hydrogens is 226 g/mol. The van der Waals surface area contributed by atoms with E-state index in [0.29, 0.717) is 6.10 Å². The average molecular weight is 234 g/mol. The van der Waals surface area contributed by atoms with Crippen LogP contribution in [0.2, 0.25) is 0 Å². The normalized spacial score (nSPS) is 26.8. The van der Waals surface area contributed by atoms with E-state index in [9.17, 15) is 0 Å². The molecule has 1 saturated heterocycles. The van der Waals surface area contributed by atoms with Crippen molar-refractivity contribution in [2.75, 3.05) is 0 Å². The van der Waals surface area contributed by atoms with Crippen molar-refractivity contribution in [1.29, 1.82) is 0 Å². The van der Waals surface area contributed by atoms with E-state index in [1.807, 2.05) is 18.2 Å². The zero-order valence-electron chi connectivity index (χ0n) is 6.88. The summed E-state index contributed by atoms with van der Waals surface area (Å²) in [7, 11) is 0. The summed E-state index contributed by atoms with van der Waals surface area (Å²) in [5.41, 5.74) is 1.27. The SMILES string of the molecule is [Al].[Ni].c1ccc2c(c1)CC1OC1O2. The van der Waals surface area contributed by atoms with Crippen molar-refractivity contribution in [3.8, 4) is 5.75 Å². The fourth-order valence-electron chi connectivity index (χ4n) is 1.50. The Bertz CT molecular complexity index is 276. The van der Waals surface area contributed by atoms with Crippen LogP contribution in [0.4, 0.5) is 0 Å². The number of rotatable bonds is 0. The minimum absolute atomic E-state index is 0. The van der Waals surface area contributed by atoms with E-state index < -0.39 is 0 Å². The van der Waals surface area contributed by atoms with Crippen LogP contribution in [-0.2, 0) is 27.6 Å². The van der Waals surface area contributed by atoms with E-state index in [0.717, 1.165) is 12.2 Å². The first-order chi connectivity index (χ1) is 5.43. The van der Waals surface area contributed by atoms with Crippen molar-refractivity contribution in [2.24, 2.45) is 0 Å². The van der Waals surface area contributed by atoms with Crippen molar-refractivity contribution in [3.05, 3.63) is 29.8 Å². The molecule has 0 bridgehead atoms. The van der Waals surface area contributed by atoms with Crippen LogP contribution in [0.3, 0.4) is 0 Å². The van der Waals surface area contributed by atoms with Gasteiger partial charge in [0.25, 0.3) is 0 Å². The molecule has 2 aliphatic heterocycles. The Morgan fingerprint density at radius 3 is 2.85 bits per heavy atom. The zero-order valence-corrected chi connectivity index (χ0v) is 9.02. The molecule has 3 rings (SSSR count). The molecule has 2 aliphatic rings. The molecule has 2 atom stereocenters. The van der Waals surface area contributed by atoms with Crippen molar-refractivity contribution < 1.29 is 26.0 Å². The largest absolute Gasteiger partial charge is 0.462 e. The topological polar surface area (TPSA) is 21.8 Å². The smallest absolute Gasteiger partial charge is 0.227 e. The predicted octanol–water partition coefficient (Wildman–Crippen LogP) is 0.963. The van der Waals surface area contributed by atoms with Gasteiger partial charge in [-0.3, -0.25) is 0 Å². The van der Waals surface area contributed by atoms with Gasteiger partial charge in [0.05, 0.1) is 0 Å². The minimum atomic E-state index is 0. The van der Waals surface area contributed by atoms with E-state index in [-0.39, 0.29) is 40.1 Å². The molecule has 1 aromatic carbocycles. The standard InChI is InChI=1S/C9H8O2.Al.Ni/c1-2-4-7-6(3-1)5-8-9(10-7)11-8;;/h1-4,8-9H,5H2;;. The number of ether oxygens (including phenoxy) is 2. The van der Waals surface area contributed by atoms with Crippen LogP contribution in [0.5, 0.6) is 5.75 Å². The van der Waals surface area contributed by atoms with Crippen molar-refractivity contribution in [1.82, 2.24) is 0 Å². The number of epoxide rings is 1. The van der Waals surface area contributed by atoms with Gasteiger partial charge in [-0.05, 0) is 11.6 Å². The van der Waals surface area contributed by atoms with Gasteiger partial charge in [0, 0.05) is 40.3 Å². The summed E-state index contributed by atoms with van der Waals surface area (Å²) < 4.78 is 10.7. The third-order valence-corrected chi connectivity index (χ3v) is 2.17. The fourth-order valence-corrected chi connectivity index (χ4v) is 1.50. The number of hydrogen-bond donors (Lipinski definition) is 0. The molecule has 3 radical (unpaired) electrons. The van der Waals surface area contributed by atoms with E-state index in [2.05, 4.69) is 6.07 Å². The van der Waals surface area contributed by atoms with E-state index in [1.54, 1.807) is 0 Å². The first-order valence-corrected chi connectivity index (χ1v) is 3.83. The quantitative estimate of drug-likeness (QED) is 0.492. The van der Waals surface area contributed by atoms with Gasteiger partial charge in [-0.15, -0.1) is 0 Å². The van der Waals surface area contributed by atoms with Crippen LogP contribution in [0.1, 0.15) is 5.56 Å². The van der Waals surface area contributed by atoms with Crippen LogP contribution in [0.25, 0.3) is 0 Å². The number of para-hydroxylation sites is 1. The molecule has 0 aliphatic carbocycles. The maximum absolute atomic E-state index is 5.48. The summed E-state index contributed by atoms with van der Waals surface area (Å²) >= 11 is 0. The zero-order chi connectivity index (χ0) is 7.26. The van der Waals surface area contributed by atoms with E-state index in [1.165, 1.54) is 5.56 Å². The molecule has 2 unspecified atom stereocenters. The molecule has 0 amide bonds. The molecule has 2 nitrogen and oxygen atoms in total. The van der Waals surface area contributed by atoms with Crippen LogP contribution in [0, 0.1) is 0 Å². The molecule has 0 N–H and O–H groups in total. The van der Waals surface area contributed by atoms with Crippen LogP contribution in [0.15, 0.2) is 24.3 Å². The Morgan fingerprint density at radius 2 is 2.00 bits per heavy atom. The molecule has 0 saturated carbocycles. The second-order valence-corrected chi connectivity index (χ2v) is 2.97. The van der Waals surface area contributed by atoms with Gasteiger partial charge in [0.2, 0.25) is 6.29 Å². The Kier molecular flexibility index (Phi) is 3.43. The van der Waals surface area contributed by atoms with Crippen LogP contribution in [-0.4, -0.2) is 29.8 Å². The Labute approximate surface area is 97.7 Å². The van der Waals surface area contributed by atoms with Crippen molar-refractivity contribution in [2.45, 2.75) is 18.8 Å². The van der Waals surface area contributed by atoms with Crippen LogP contribution < -0.4 is 4.74 Å². The van der Waals surface area contributed by atoms with Gasteiger partial charge < -0.3 is 9.47 Å². The summed E-state index contributed by atoms with van der Waals surface area (Å²) in [6.07, 6.45) is 1.41. The molecule has 0 aromatic heterocycles. The third-order valence-electron chi connectivity index (χ3n) is 2.17. The molecule has 4 heteroatoms. The van der Waals surface area contributed by atoms with Crippen LogP contribution >= 0.6 is 0 Å². The number of hydrogen-bond acceptors (Lipinski definition) is 2. The van der Waals surface area contributed by atoms with Gasteiger partial charge >= 0.3 is 0 Å². The molecule has 1 aromatic rings. The van der Waals surface area contributed by atoms with Crippen molar-refractivity contribution in [3.63, 3.8) is 0 Å². The first kappa shape index (κ1) is 11.1. The summed E-state index contributed by atoms with van der Waals surface area (Å²) in [5.74, 6) is 0.992. The molecule has 1 fully saturated rings. The molecule has 69 valence electrons. The summed E-state index contributed by atoms with van der Waals surface area (Å²) in [4.78, 5) is 0. The summed E-state index contributed by atoms with van der Waals surface area (Å²) in [6.45, 7) is 0. The van der Waals surface area contributed by atoms with E-state index >= 15 is 0 Å². The molecule has 13 heavy (non-hydrogen) atoms. The maximum Gasteiger partial charge on any atom is 0.227 e. The maximum atomic E-state index is 5.48. The minimum Gasteiger partial charge on any atom is -0.462 e. The monoisotopic (exact) mass is 233 g/mol. The Hall–Kier alpha value is 0.00597. The predicted molar refractivity (Wildman–Crippen MR) is 45.2 cm³/mol. The Morgan fingerprint density at radius 1 is 1.23 bits per heavy atom. The molecule has 0 spiro atoms. The summed E-state index contributed by atoms with van der Waals surface area (Å²) in [6, 6.07) is 8.10.